The van der Waals surface area contributed by atoms with Gasteiger partial charge in [-0.15, -0.1) is 11.3 Å². The summed E-state index contributed by atoms with van der Waals surface area (Å²) in [5, 5.41) is 9.10. The van der Waals surface area contributed by atoms with Crippen LogP contribution in [0.1, 0.15) is 15.2 Å². The van der Waals surface area contributed by atoms with Gasteiger partial charge in [0.2, 0.25) is 0 Å². The van der Waals surface area contributed by atoms with Crippen LogP contribution in [0.25, 0.3) is 0 Å². The third-order valence-electron chi connectivity index (χ3n) is 2.46. The summed E-state index contributed by atoms with van der Waals surface area (Å²) in [6.07, 6.45) is 2.94. The number of nitrogens with zero attached hydrogens (tertiary/aromatic N) is 2. The fraction of sp³-hybridized carbons (Fsp3) is 0.167. The van der Waals surface area contributed by atoms with Gasteiger partial charge in [-0.05, 0) is 18.2 Å². The minimum atomic E-state index is -0.978. The van der Waals surface area contributed by atoms with Crippen molar-refractivity contribution in [3.8, 4) is 0 Å². The van der Waals surface area contributed by atoms with Crippen molar-refractivity contribution in [2.45, 2.75) is 6.54 Å². The SMILES string of the molecule is CN(Cc1ccc(Cl)s1)c1ccncc1C(=O)O. The monoisotopic (exact) mass is 282 g/mol. The van der Waals surface area contributed by atoms with Gasteiger partial charge in [-0.2, -0.15) is 0 Å². The second kappa shape index (κ2) is 5.37. The summed E-state index contributed by atoms with van der Waals surface area (Å²) < 4.78 is 0.728. The molecule has 0 saturated heterocycles. The van der Waals surface area contributed by atoms with Crippen molar-refractivity contribution >= 4 is 34.6 Å². The Balaban J connectivity index is 2.23. The van der Waals surface area contributed by atoms with Crippen LogP contribution >= 0.6 is 22.9 Å². The van der Waals surface area contributed by atoms with Crippen molar-refractivity contribution < 1.29 is 9.90 Å². The highest BCUT2D eigenvalue weighted by Crippen LogP contribution is 2.25. The lowest BCUT2D eigenvalue weighted by Crippen LogP contribution is -2.18. The maximum absolute atomic E-state index is 11.1. The molecule has 6 heteroatoms. The summed E-state index contributed by atoms with van der Waals surface area (Å²) >= 11 is 7.35. The van der Waals surface area contributed by atoms with E-state index in [1.807, 2.05) is 24.1 Å². The highest BCUT2D eigenvalue weighted by Gasteiger charge is 2.14. The van der Waals surface area contributed by atoms with E-state index in [0.717, 1.165) is 9.21 Å². The first-order valence-electron chi connectivity index (χ1n) is 5.20. The van der Waals surface area contributed by atoms with Crippen LogP contribution in [-0.4, -0.2) is 23.1 Å². The number of carbonyl (C=O) groups is 1. The number of halogens is 1. The van der Waals surface area contributed by atoms with Crippen LogP contribution in [0.3, 0.4) is 0 Å². The van der Waals surface area contributed by atoms with Crippen LogP contribution in [0.15, 0.2) is 30.6 Å². The Labute approximate surface area is 113 Å². The van der Waals surface area contributed by atoms with E-state index in [1.54, 1.807) is 12.3 Å². The maximum atomic E-state index is 11.1. The van der Waals surface area contributed by atoms with Crippen molar-refractivity contribution in [1.29, 1.82) is 0 Å². The Hall–Kier alpha value is -1.59. The molecule has 0 aliphatic carbocycles. The van der Waals surface area contributed by atoms with Gasteiger partial charge in [0.15, 0.2) is 0 Å². The van der Waals surface area contributed by atoms with E-state index in [4.69, 9.17) is 16.7 Å². The molecule has 0 amide bonds. The zero-order chi connectivity index (χ0) is 13.1. The molecule has 0 atom stereocenters. The number of anilines is 1. The Kier molecular flexibility index (Phi) is 3.84. The van der Waals surface area contributed by atoms with Crippen molar-refractivity contribution in [2.75, 3.05) is 11.9 Å². The first-order chi connectivity index (χ1) is 8.58. The van der Waals surface area contributed by atoms with Crippen LogP contribution in [-0.2, 0) is 6.54 Å². The minimum absolute atomic E-state index is 0.197. The van der Waals surface area contributed by atoms with Crippen molar-refractivity contribution in [3.63, 3.8) is 0 Å². The van der Waals surface area contributed by atoms with Gasteiger partial charge in [-0.3, -0.25) is 4.98 Å². The first-order valence-corrected chi connectivity index (χ1v) is 6.40. The van der Waals surface area contributed by atoms with Crippen LogP contribution in [0.5, 0.6) is 0 Å². The lowest BCUT2D eigenvalue weighted by Gasteiger charge is -2.19. The largest absolute Gasteiger partial charge is 0.478 e. The lowest BCUT2D eigenvalue weighted by atomic mass is 10.2. The average molecular weight is 283 g/mol. The Bertz CT molecular complexity index is 571. The van der Waals surface area contributed by atoms with Crippen LogP contribution in [0.4, 0.5) is 5.69 Å². The number of rotatable bonds is 4. The fourth-order valence-corrected chi connectivity index (χ4v) is 2.78. The minimum Gasteiger partial charge on any atom is -0.478 e. The Morgan fingerprint density at radius 2 is 2.28 bits per heavy atom. The van der Waals surface area contributed by atoms with Crippen molar-refractivity contribution in [1.82, 2.24) is 4.98 Å². The normalized spacial score (nSPS) is 10.3. The summed E-state index contributed by atoms with van der Waals surface area (Å²) in [5.41, 5.74) is 0.838. The van der Waals surface area contributed by atoms with Crippen LogP contribution in [0.2, 0.25) is 4.34 Å². The van der Waals surface area contributed by atoms with Gasteiger partial charge in [0.1, 0.15) is 5.56 Å². The fourth-order valence-electron chi connectivity index (χ4n) is 1.64. The second-order valence-corrected chi connectivity index (χ2v) is 5.56. The number of carboxylic acid groups (broad SMARTS) is 1. The van der Waals surface area contributed by atoms with E-state index >= 15 is 0 Å². The lowest BCUT2D eigenvalue weighted by molar-refractivity contribution is 0.0697. The predicted octanol–water partition coefficient (Wildman–Crippen LogP) is 3.13. The molecule has 18 heavy (non-hydrogen) atoms. The molecule has 2 aromatic heterocycles. The topological polar surface area (TPSA) is 53.4 Å². The summed E-state index contributed by atoms with van der Waals surface area (Å²) in [7, 11) is 1.84. The molecule has 2 rings (SSSR count). The predicted molar refractivity (Wildman–Crippen MR) is 72.6 cm³/mol. The molecule has 0 bridgehead atoms. The molecule has 1 N–H and O–H groups in total. The number of aromatic carboxylic acids is 1. The van der Waals surface area contributed by atoms with Gasteiger partial charge < -0.3 is 10.0 Å². The number of thiophene rings is 1. The second-order valence-electron chi connectivity index (χ2n) is 3.76. The van der Waals surface area contributed by atoms with Gasteiger partial charge in [0.05, 0.1) is 16.6 Å². The molecule has 0 aliphatic heterocycles. The molecular weight excluding hydrogens is 272 g/mol. The molecule has 94 valence electrons. The van der Waals surface area contributed by atoms with Gasteiger partial charge >= 0.3 is 5.97 Å². The molecule has 0 spiro atoms. The smallest absolute Gasteiger partial charge is 0.339 e. The zero-order valence-electron chi connectivity index (χ0n) is 9.63. The molecule has 0 aliphatic rings. The summed E-state index contributed by atoms with van der Waals surface area (Å²) in [6.45, 7) is 0.613. The Morgan fingerprint density at radius 1 is 1.50 bits per heavy atom. The third kappa shape index (κ3) is 2.80. The van der Waals surface area contributed by atoms with E-state index < -0.39 is 5.97 Å². The molecule has 2 heterocycles. The standard InChI is InChI=1S/C12H11ClN2O2S/c1-15(7-8-2-3-11(13)18-8)10-4-5-14-6-9(10)12(16)17/h2-6H,7H2,1H3,(H,16,17). The summed E-state index contributed by atoms with van der Waals surface area (Å²) in [5.74, 6) is -0.978. The third-order valence-corrected chi connectivity index (χ3v) is 3.68. The molecule has 0 fully saturated rings. The van der Waals surface area contributed by atoms with E-state index in [-0.39, 0.29) is 5.56 Å². The highest BCUT2D eigenvalue weighted by molar-refractivity contribution is 7.16. The van der Waals surface area contributed by atoms with Gasteiger partial charge in [0, 0.05) is 24.3 Å². The average Bonchev–Trinajstić information content (AvgIpc) is 2.74. The van der Waals surface area contributed by atoms with Crippen molar-refractivity contribution in [2.24, 2.45) is 0 Å². The summed E-state index contributed by atoms with van der Waals surface area (Å²) in [6, 6.07) is 5.46. The zero-order valence-corrected chi connectivity index (χ0v) is 11.2. The first kappa shape index (κ1) is 12.9. The maximum Gasteiger partial charge on any atom is 0.339 e. The highest BCUT2D eigenvalue weighted by atomic mass is 35.5. The number of carboxylic acids is 1. The van der Waals surface area contributed by atoms with Crippen molar-refractivity contribution in [3.05, 3.63) is 45.4 Å². The van der Waals surface area contributed by atoms with Gasteiger partial charge in [-0.25, -0.2) is 4.79 Å². The molecule has 0 aromatic carbocycles. The van der Waals surface area contributed by atoms with E-state index in [2.05, 4.69) is 4.98 Å². The molecule has 4 nitrogen and oxygen atoms in total. The van der Waals surface area contributed by atoms with Crippen LogP contribution < -0.4 is 4.90 Å². The molecule has 0 radical (unpaired) electrons. The number of hydrogen-bond acceptors (Lipinski definition) is 4. The summed E-state index contributed by atoms with van der Waals surface area (Å²) in [4.78, 5) is 17.9. The molecular formula is C12H11ClN2O2S. The van der Waals surface area contributed by atoms with E-state index in [1.165, 1.54) is 17.5 Å². The number of pyridine rings is 1. The molecule has 0 saturated carbocycles. The van der Waals surface area contributed by atoms with Gasteiger partial charge in [-0.1, -0.05) is 11.6 Å². The number of aromatic nitrogens is 1. The van der Waals surface area contributed by atoms with Gasteiger partial charge in [0.25, 0.3) is 0 Å². The number of hydrogen-bond donors (Lipinski definition) is 1. The molecule has 0 unspecified atom stereocenters. The Morgan fingerprint density at radius 3 is 2.89 bits per heavy atom. The quantitative estimate of drug-likeness (QED) is 0.936. The van der Waals surface area contributed by atoms with E-state index in [9.17, 15) is 4.79 Å². The van der Waals surface area contributed by atoms with Crippen LogP contribution in [0, 0.1) is 0 Å². The molecule has 2 aromatic rings. The van der Waals surface area contributed by atoms with E-state index in [0.29, 0.717) is 12.2 Å².